The topological polar surface area (TPSA) is 58.2 Å². The van der Waals surface area contributed by atoms with Gasteiger partial charge in [0.2, 0.25) is 5.91 Å². The van der Waals surface area contributed by atoms with Gasteiger partial charge in [-0.3, -0.25) is 10.1 Å². The number of urea groups is 1. The van der Waals surface area contributed by atoms with Crippen LogP contribution in [-0.4, -0.2) is 24.4 Å². The number of carbonyl (C=O) groups excluding carboxylic acids is 2. The van der Waals surface area contributed by atoms with Crippen LogP contribution in [0.25, 0.3) is 0 Å². The number of unbranched alkanes of at least 4 members (excludes halogenated alkanes) is 1. The van der Waals surface area contributed by atoms with Crippen LogP contribution in [0.2, 0.25) is 0 Å². The van der Waals surface area contributed by atoms with E-state index >= 15 is 0 Å². The van der Waals surface area contributed by atoms with Crippen LogP contribution in [0.4, 0.5) is 4.79 Å². The van der Waals surface area contributed by atoms with Crippen LogP contribution >= 0.6 is 11.6 Å². The van der Waals surface area contributed by atoms with Gasteiger partial charge in [0.1, 0.15) is 0 Å². The zero-order valence-corrected chi connectivity index (χ0v) is 8.56. The highest BCUT2D eigenvalue weighted by Gasteiger charge is 2.04. The molecule has 0 fully saturated rings. The van der Waals surface area contributed by atoms with E-state index in [4.69, 9.17) is 18.0 Å². The van der Waals surface area contributed by atoms with E-state index in [0.717, 1.165) is 0 Å². The average molecular weight is 217 g/mol. The fraction of sp³-hybridized carbons (Fsp3) is 0.556. The molecule has 3 amide bonds. The Morgan fingerprint density at radius 3 is 2.71 bits per heavy atom. The van der Waals surface area contributed by atoms with Crippen molar-refractivity contribution in [3.8, 4) is 12.3 Å². The molecule has 0 bridgehead atoms. The molecule has 0 atom stereocenters. The van der Waals surface area contributed by atoms with E-state index in [9.17, 15) is 9.59 Å². The Morgan fingerprint density at radius 1 is 1.43 bits per heavy atom. The fourth-order valence-corrected chi connectivity index (χ4v) is 0.883. The van der Waals surface area contributed by atoms with Crippen molar-refractivity contribution < 1.29 is 9.59 Å². The second kappa shape index (κ2) is 8.39. The molecule has 0 unspecified atom stereocenters. The van der Waals surface area contributed by atoms with Crippen LogP contribution in [0, 0.1) is 12.3 Å². The van der Waals surface area contributed by atoms with Gasteiger partial charge >= 0.3 is 6.03 Å². The summed E-state index contributed by atoms with van der Waals surface area (Å²) < 4.78 is 0. The van der Waals surface area contributed by atoms with E-state index < -0.39 is 6.03 Å². The number of halogens is 1. The van der Waals surface area contributed by atoms with Crippen molar-refractivity contribution in [2.75, 3.05) is 12.4 Å². The van der Waals surface area contributed by atoms with Crippen molar-refractivity contribution >= 4 is 23.5 Å². The second-order valence-electron chi connectivity index (χ2n) is 2.55. The molecule has 0 aromatic carbocycles. The highest BCUT2D eigenvalue weighted by atomic mass is 35.5. The van der Waals surface area contributed by atoms with Gasteiger partial charge in [0.15, 0.2) is 0 Å². The Balaban J connectivity index is 3.46. The Labute approximate surface area is 88.4 Å². The van der Waals surface area contributed by atoms with Gasteiger partial charge in [-0.25, -0.2) is 4.79 Å². The minimum atomic E-state index is -0.503. The Morgan fingerprint density at radius 2 is 2.14 bits per heavy atom. The predicted molar refractivity (Wildman–Crippen MR) is 54.9 cm³/mol. The lowest BCUT2D eigenvalue weighted by atomic mass is 10.3. The first-order valence-corrected chi connectivity index (χ1v) is 4.81. The maximum atomic E-state index is 11.0. The number of alkyl halides is 1. The second-order valence-corrected chi connectivity index (χ2v) is 2.93. The molecule has 0 aliphatic heterocycles. The Hall–Kier alpha value is -1.21. The molecule has 2 N–H and O–H groups in total. The SMILES string of the molecule is C#CCCCNC(=O)NC(=O)CCCl. The number of nitrogens with one attached hydrogen (secondary N) is 2. The van der Waals surface area contributed by atoms with Gasteiger partial charge in [0, 0.05) is 25.3 Å². The first kappa shape index (κ1) is 12.8. The average Bonchev–Trinajstić information content (AvgIpc) is 2.13. The minimum Gasteiger partial charge on any atom is -0.338 e. The largest absolute Gasteiger partial charge is 0.338 e. The van der Waals surface area contributed by atoms with Crippen LogP contribution in [0.3, 0.4) is 0 Å². The number of terminal acetylenes is 1. The third-order valence-electron chi connectivity index (χ3n) is 1.36. The monoisotopic (exact) mass is 216 g/mol. The maximum absolute atomic E-state index is 11.0. The molecule has 14 heavy (non-hydrogen) atoms. The van der Waals surface area contributed by atoms with Crippen molar-refractivity contribution in [1.29, 1.82) is 0 Å². The molecular formula is C9H13ClN2O2. The van der Waals surface area contributed by atoms with Gasteiger partial charge in [0.05, 0.1) is 0 Å². The summed E-state index contributed by atoms with van der Waals surface area (Å²) in [4.78, 5) is 21.8. The zero-order chi connectivity index (χ0) is 10.8. The van der Waals surface area contributed by atoms with Crippen LogP contribution < -0.4 is 10.6 Å². The van der Waals surface area contributed by atoms with Gasteiger partial charge in [-0.05, 0) is 6.42 Å². The number of hydrogen-bond acceptors (Lipinski definition) is 2. The molecular weight excluding hydrogens is 204 g/mol. The van der Waals surface area contributed by atoms with Gasteiger partial charge in [0.25, 0.3) is 0 Å². The normalized spacial score (nSPS) is 8.86. The van der Waals surface area contributed by atoms with E-state index in [-0.39, 0.29) is 18.2 Å². The number of rotatable bonds is 5. The maximum Gasteiger partial charge on any atom is 0.321 e. The fourth-order valence-electron chi connectivity index (χ4n) is 0.712. The summed E-state index contributed by atoms with van der Waals surface area (Å²) in [6.45, 7) is 0.462. The third-order valence-corrected chi connectivity index (χ3v) is 1.55. The molecule has 78 valence electrons. The standard InChI is InChI=1S/C9H13ClN2O2/c1-2-3-4-7-11-9(14)12-8(13)5-6-10/h1H,3-7H2,(H2,11,12,13,14). The highest BCUT2D eigenvalue weighted by Crippen LogP contribution is 1.85. The lowest BCUT2D eigenvalue weighted by molar-refractivity contribution is -0.119. The Kier molecular flexibility index (Phi) is 7.67. The molecule has 0 saturated carbocycles. The summed E-state index contributed by atoms with van der Waals surface area (Å²) in [5.41, 5.74) is 0. The summed E-state index contributed by atoms with van der Waals surface area (Å²) in [6.07, 6.45) is 6.47. The number of imide groups is 1. The van der Waals surface area contributed by atoms with E-state index in [1.807, 2.05) is 0 Å². The van der Waals surface area contributed by atoms with Gasteiger partial charge in [-0.2, -0.15) is 0 Å². The van der Waals surface area contributed by atoms with Gasteiger partial charge in [-0.1, -0.05) is 0 Å². The van der Waals surface area contributed by atoms with Crippen LogP contribution in [0.15, 0.2) is 0 Å². The van der Waals surface area contributed by atoms with Crippen LogP contribution in [0.1, 0.15) is 19.3 Å². The number of carbonyl (C=O) groups is 2. The number of amides is 3. The molecule has 0 aliphatic rings. The quantitative estimate of drug-likeness (QED) is 0.407. The van der Waals surface area contributed by atoms with Crippen LogP contribution in [-0.2, 0) is 4.79 Å². The first-order valence-electron chi connectivity index (χ1n) is 4.27. The molecule has 0 radical (unpaired) electrons. The van der Waals surface area contributed by atoms with Crippen molar-refractivity contribution in [2.45, 2.75) is 19.3 Å². The first-order chi connectivity index (χ1) is 6.70. The predicted octanol–water partition coefficient (Wildman–Crippen LogP) is 0.854. The molecule has 0 aromatic rings. The van der Waals surface area contributed by atoms with Crippen molar-refractivity contribution in [3.05, 3.63) is 0 Å². The molecule has 0 spiro atoms. The summed E-state index contributed by atoms with van der Waals surface area (Å²) in [5.74, 6) is 2.27. The lowest BCUT2D eigenvalue weighted by Crippen LogP contribution is -2.39. The molecule has 5 heteroatoms. The minimum absolute atomic E-state index is 0.138. The van der Waals surface area contributed by atoms with Crippen molar-refractivity contribution in [3.63, 3.8) is 0 Å². The third kappa shape index (κ3) is 7.44. The summed E-state index contributed by atoms with van der Waals surface area (Å²) >= 11 is 5.31. The molecule has 0 saturated heterocycles. The highest BCUT2D eigenvalue weighted by molar-refractivity contribution is 6.19. The molecule has 0 aliphatic carbocycles. The molecule has 0 rings (SSSR count). The molecule has 0 aromatic heterocycles. The van der Waals surface area contributed by atoms with Crippen molar-refractivity contribution in [1.82, 2.24) is 10.6 Å². The molecule has 4 nitrogen and oxygen atoms in total. The summed E-state index contributed by atoms with van der Waals surface area (Å²) in [5, 5.41) is 4.63. The van der Waals surface area contributed by atoms with E-state index in [1.54, 1.807) is 0 Å². The summed E-state index contributed by atoms with van der Waals surface area (Å²) in [6, 6.07) is -0.503. The summed E-state index contributed by atoms with van der Waals surface area (Å²) in [7, 11) is 0. The smallest absolute Gasteiger partial charge is 0.321 e. The van der Waals surface area contributed by atoms with E-state index in [0.29, 0.717) is 19.4 Å². The van der Waals surface area contributed by atoms with E-state index in [2.05, 4.69) is 16.6 Å². The zero-order valence-electron chi connectivity index (χ0n) is 7.81. The Bertz CT molecular complexity index is 235. The van der Waals surface area contributed by atoms with Gasteiger partial charge in [-0.15, -0.1) is 23.9 Å². The lowest BCUT2D eigenvalue weighted by Gasteiger charge is -2.04. The van der Waals surface area contributed by atoms with Crippen molar-refractivity contribution in [2.24, 2.45) is 0 Å². The van der Waals surface area contributed by atoms with Gasteiger partial charge < -0.3 is 5.32 Å². The van der Waals surface area contributed by atoms with E-state index in [1.165, 1.54) is 0 Å². The molecule has 0 heterocycles. The number of hydrogen-bond donors (Lipinski definition) is 2. The van der Waals surface area contributed by atoms with Crippen LogP contribution in [0.5, 0.6) is 0 Å².